The predicted octanol–water partition coefficient (Wildman–Crippen LogP) is 1.80. The average molecular weight is 250 g/mol. The quantitative estimate of drug-likeness (QED) is 0.809. The molecular weight excluding hydrogens is 228 g/mol. The summed E-state index contributed by atoms with van der Waals surface area (Å²) < 4.78 is 5.06. The summed E-state index contributed by atoms with van der Waals surface area (Å²) in [5, 5.41) is 3.01. The van der Waals surface area contributed by atoms with E-state index in [0.717, 1.165) is 12.2 Å². The lowest BCUT2D eigenvalue weighted by atomic mass is 10.0. The van der Waals surface area contributed by atoms with Crippen molar-refractivity contribution in [2.45, 2.75) is 26.3 Å². The standard InChI is InChI=1S/C14H22N2O2/c1-10(2)13(8-9-15)16-14(17)11-4-6-12(18-3)7-5-11/h4-7,10,13H,8-9,15H2,1-3H3,(H,16,17). The van der Waals surface area contributed by atoms with Crippen molar-refractivity contribution in [3.05, 3.63) is 29.8 Å². The van der Waals surface area contributed by atoms with Gasteiger partial charge in [0.25, 0.3) is 5.91 Å². The van der Waals surface area contributed by atoms with Crippen LogP contribution in [-0.2, 0) is 0 Å². The van der Waals surface area contributed by atoms with Crippen LogP contribution in [0.1, 0.15) is 30.6 Å². The number of carbonyl (C=O) groups excluding carboxylic acids is 1. The molecule has 1 unspecified atom stereocenters. The van der Waals surface area contributed by atoms with Crippen molar-refractivity contribution in [2.24, 2.45) is 11.7 Å². The van der Waals surface area contributed by atoms with Crippen LogP contribution in [0.2, 0.25) is 0 Å². The van der Waals surface area contributed by atoms with Crippen LogP contribution in [0.4, 0.5) is 0 Å². The number of carbonyl (C=O) groups is 1. The molecule has 0 aromatic heterocycles. The van der Waals surface area contributed by atoms with Crippen LogP contribution < -0.4 is 15.8 Å². The van der Waals surface area contributed by atoms with Crippen LogP contribution >= 0.6 is 0 Å². The molecule has 4 heteroatoms. The maximum atomic E-state index is 12.0. The predicted molar refractivity (Wildman–Crippen MR) is 72.8 cm³/mol. The summed E-state index contributed by atoms with van der Waals surface area (Å²) in [5.41, 5.74) is 6.19. The number of methoxy groups -OCH3 is 1. The van der Waals surface area contributed by atoms with Crippen LogP contribution in [0.3, 0.4) is 0 Å². The largest absolute Gasteiger partial charge is 0.497 e. The number of benzene rings is 1. The highest BCUT2D eigenvalue weighted by atomic mass is 16.5. The highest BCUT2D eigenvalue weighted by Crippen LogP contribution is 2.12. The molecule has 0 radical (unpaired) electrons. The molecule has 1 aromatic carbocycles. The van der Waals surface area contributed by atoms with Gasteiger partial charge in [0.1, 0.15) is 5.75 Å². The molecule has 100 valence electrons. The number of hydrogen-bond acceptors (Lipinski definition) is 3. The fourth-order valence-electron chi connectivity index (χ4n) is 1.75. The molecule has 0 spiro atoms. The number of hydrogen-bond donors (Lipinski definition) is 2. The molecule has 4 nitrogen and oxygen atoms in total. The Morgan fingerprint density at radius 3 is 2.39 bits per heavy atom. The fourth-order valence-corrected chi connectivity index (χ4v) is 1.75. The Bertz CT molecular complexity index is 374. The van der Waals surface area contributed by atoms with Gasteiger partial charge < -0.3 is 15.8 Å². The van der Waals surface area contributed by atoms with Gasteiger partial charge in [-0.05, 0) is 43.1 Å². The minimum atomic E-state index is -0.0650. The second-order valence-corrected chi connectivity index (χ2v) is 4.63. The third-order valence-corrected chi connectivity index (χ3v) is 2.95. The van der Waals surface area contributed by atoms with Gasteiger partial charge in [-0.1, -0.05) is 13.8 Å². The van der Waals surface area contributed by atoms with Crippen molar-refractivity contribution < 1.29 is 9.53 Å². The van der Waals surface area contributed by atoms with Crippen LogP contribution in [0.25, 0.3) is 0 Å². The lowest BCUT2D eigenvalue weighted by Crippen LogP contribution is -2.39. The first-order chi connectivity index (χ1) is 8.58. The molecule has 1 atom stereocenters. The summed E-state index contributed by atoms with van der Waals surface area (Å²) >= 11 is 0. The molecule has 0 aliphatic rings. The van der Waals surface area contributed by atoms with Gasteiger partial charge in [-0.3, -0.25) is 4.79 Å². The molecule has 1 amide bonds. The number of nitrogens with two attached hydrogens (primary N) is 1. The SMILES string of the molecule is COc1ccc(C(=O)NC(CCN)C(C)C)cc1. The Morgan fingerprint density at radius 2 is 1.94 bits per heavy atom. The first-order valence-electron chi connectivity index (χ1n) is 6.23. The number of amides is 1. The lowest BCUT2D eigenvalue weighted by molar-refractivity contribution is 0.0924. The van der Waals surface area contributed by atoms with Gasteiger partial charge in [0.05, 0.1) is 7.11 Å². The van der Waals surface area contributed by atoms with Crippen molar-refractivity contribution in [1.29, 1.82) is 0 Å². The molecule has 0 heterocycles. The summed E-state index contributed by atoms with van der Waals surface area (Å²) in [7, 11) is 1.60. The number of rotatable bonds is 6. The average Bonchev–Trinajstić information content (AvgIpc) is 2.38. The Hall–Kier alpha value is -1.55. The van der Waals surface area contributed by atoms with E-state index in [9.17, 15) is 4.79 Å². The normalized spacial score (nSPS) is 12.3. The van der Waals surface area contributed by atoms with Crippen molar-refractivity contribution in [3.8, 4) is 5.75 Å². The van der Waals surface area contributed by atoms with Crippen LogP contribution in [0.5, 0.6) is 5.75 Å². The summed E-state index contributed by atoms with van der Waals surface area (Å²) in [6.45, 7) is 4.73. The fraction of sp³-hybridized carbons (Fsp3) is 0.500. The third-order valence-electron chi connectivity index (χ3n) is 2.95. The smallest absolute Gasteiger partial charge is 0.251 e. The minimum Gasteiger partial charge on any atom is -0.497 e. The number of nitrogens with one attached hydrogen (secondary N) is 1. The maximum Gasteiger partial charge on any atom is 0.251 e. The van der Waals surface area contributed by atoms with Gasteiger partial charge >= 0.3 is 0 Å². The molecule has 0 aliphatic carbocycles. The molecule has 0 bridgehead atoms. The summed E-state index contributed by atoms with van der Waals surface area (Å²) in [5.74, 6) is 1.05. The molecule has 1 aromatic rings. The molecule has 0 saturated carbocycles. The lowest BCUT2D eigenvalue weighted by Gasteiger charge is -2.21. The van der Waals surface area contributed by atoms with Gasteiger partial charge in [-0.25, -0.2) is 0 Å². The van der Waals surface area contributed by atoms with E-state index in [0.29, 0.717) is 18.0 Å². The molecule has 0 fully saturated rings. The van der Waals surface area contributed by atoms with E-state index in [1.165, 1.54) is 0 Å². The maximum absolute atomic E-state index is 12.0. The first-order valence-corrected chi connectivity index (χ1v) is 6.23. The van der Waals surface area contributed by atoms with Crippen molar-refractivity contribution in [3.63, 3.8) is 0 Å². The summed E-state index contributed by atoms with van der Waals surface area (Å²) in [6.07, 6.45) is 0.791. The van der Waals surface area contributed by atoms with E-state index >= 15 is 0 Å². The molecule has 3 N–H and O–H groups in total. The Balaban J connectivity index is 2.67. The van der Waals surface area contributed by atoms with Crippen LogP contribution in [0.15, 0.2) is 24.3 Å². The molecule has 0 saturated heterocycles. The van der Waals surface area contributed by atoms with Crippen molar-refractivity contribution >= 4 is 5.91 Å². The Labute approximate surface area is 109 Å². The highest BCUT2D eigenvalue weighted by Gasteiger charge is 2.16. The minimum absolute atomic E-state index is 0.0650. The van der Waals surface area contributed by atoms with Gasteiger partial charge in [0, 0.05) is 11.6 Å². The van der Waals surface area contributed by atoms with E-state index in [-0.39, 0.29) is 11.9 Å². The monoisotopic (exact) mass is 250 g/mol. The van der Waals surface area contributed by atoms with E-state index in [2.05, 4.69) is 19.2 Å². The van der Waals surface area contributed by atoms with E-state index < -0.39 is 0 Å². The zero-order valence-corrected chi connectivity index (χ0v) is 11.3. The summed E-state index contributed by atoms with van der Waals surface area (Å²) in [4.78, 5) is 12.0. The first kappa shape index (κ1) is 14.5. The second-order valence-electron chi connectivity index (χ2n) is 4.63. The van der Waals surface area contributed by atoms with Gasteiger partial charge in [0.2, 0.25) is 0 Å². The van der Waals surface area contributed by atoms with Crippen molar-refractivity contribution in [2.75, 3.05) is 13.7 Å². The summed E-state index contributed by atoms with van der Waals surface area (Å²) in [6, 6.07) is 7.19. The van der Waals surface area contributed by atoms with Crippen molar-refractivity contribution in [1.82, 2.24) is 5.32 Å². The molecule has 1 rings (SSSR count). The van der Waals surface area contributed by atoms with E-state index in [1.807, 2.05) is 0 Å². The molecular formula is C14H22N2O2. The van der Waals surface area contributed by atoms with Crippen LogP contribution in [-0.4, -0.2) is 25.6 Å². The van der Waals surface area contributed by atoms with Gasteiger partial charge in [-0.2, -0.15) is 0 Å². The third kappa shape index (κ3) is 4.04. The van der Waals surface area contributed by atoms with E-state index in [4.69, 9.17) is 10.5 Å². The van der Waals surface area contributed by atoms with Gasteiger partial charge in [0.15, 0.2) is 0 Å². The van der Waals surface area contributed by atoms with Crippen LogP contribution in [0, 0.1) is 5.92 Å². The number of ether oxygens (including phenoxy) is 1. The molecule has 18 heavy (non-hydrogen) atoms. The Kier molecular flexibility index (Phi) is 5.65. The van der Waals surface area contributed by atoms with Gasteiger partial charge in [-0.15, -0.1) is 0 Å². The zero-order chi connectivity index (χ0) is 13.5. The zero-order valence-electron chi connectivity index (χ0n) is 11.3. The second kappa shape index (κ2) is 7.01. The van der Waals surface area contributed by atoms with E-state index in [1.54, 1.807) is 31.4 Å². The molecule has 0 aliphatic heterocycles. The topological polar surface area (TPSA) is 64.3 Å². The highest BCUT2D eigenvalue weighted by molar-refractivity contribution is 5.94. The Morgan fingerprint density at radius 1 is 1.33 bits per heavy atom.